The molecule has 0 aromatic rings. The highest BCUT2D eigenvalue weighted by atomic mass is 16.1. The molecule has 1 aliphatic carbocycles. The molecule has 3 rings (SSSR count). The fraction of sp³-hybridized carbons (Fsp3) is 0.938. The van der Waals surface area contributed by atoms with Crippen LogP contribution >= 0.6 is 0 Å². The standard InChI is InChI=1S/C16H28N2O/c1-12-5-6-16(19)14(8-12)10-18-11-15-4-3-7-17(15)9-13(18)2/h12-15H,3-11H2,1-2H3. The predicted molar refractivity (Wildman–Crippen MR) is 77.1 cm³/mol. The number of hydrogen-bond acceptors (Lipinski definition) is 3. The van der Waals surface area contributed by atoms with E-state index in [2.05, 4.69) is 23.6 Å². The summed E-state index contributed by atoms with van der Waals surface area (Å²) in [6.07, 6.45) is 5.78. The Morgan fingerprint density at radius 2 is 2.05 bits per heavy atom. The third kappa shape index (κ3) is 2.87. The van der Waals surface area contributed by atoms with Crippen LogP contribution in [0.1, 0.15) is 46.0 Å². The number of rotatable bonds is 2. The number of hydrogen-bond donors (Lipinski definition) is 0. The Kier molecular flexibility index (Phi) is 3.95. The molecule has 3 nitrogen and oxygen atoms in total. The van der Waals surface area contributed by atoms with Crippen LogP contribution in [0.25, 0.3) is 0 Å². The Labute approximate surface area is 117 Å². The van der Waals surface area contributed by atoms with Gasteiger partial charge in [0.2, 0.25) is 0 Å². The summed E-state index contributed by atoms with van der Waals surface area (Å²) in [6.45, 7) is 9.36. The largest absolute Gasteiger partial charge is 0.299 e. The molecule has 2 heterocycles. The summed E-state index contributed by atoms with van der Waals surface area (Å²) < 4.78 is 0. The van der Waals surface area contributed by atoms with Crippen molar-refractivity contribution >= 4 is 5.78 Å². The van der Waals surface area contributed by atoms with Gasteiger partial charge in [-0.05, 0) is 45.1 Å². The Balaban J connectivity index is 1.60. The van der Waals surface area contributed by atoms with Gasteiger partial charge in [0.15, 0.2) is 0 Å². The third-order valence-electron chi connectivity index (χ3n) is 5.55. The molecule has 3 heteroatoms. The second kappa shape index (κ2) is 5.53. The second-order valence-corrected chi connectivity index (χ2v) is 7.14. The minimum Gasteiger partial charge on any atom is -0.299 e. The van der Waals surface area contributed by atoms with Gasteiger partial charge in [-0.15, -0.1) is 0 Å². The first-order valence-corrected chi connectivity index (χ1v) is 8.14. The lowest BCUT2D eigenvalue weighted by Crippen LogP contribution is -2.56. The third-order valence-corrected chi connectivity index (χ3v) is 5.55. The maximum atomic E-state index is 12.1. The van der Waals surface area contributed by atoms with Gasteiger partial charge in [0.25, 0.3) is 0 Å². The van der Waals surface area contributed by atoms with Crippen LogP contribution in [0.15, 0.2) is 0 Å². The first-order chi connectivity index (χ1) is 9.13. The van der Waals surface area contributed by atoms with Crippen molar-refractivity contribution in [2.45, 2.75) is 58.0 Å². The van der Waals surface area contributed by atoms with Crippen molar-refractivity contribution in [2.75, 3.05) is 26.2 Å². The molecule has 3 aliphatic rings. The van der Waals surface area contributed by atoms with Gasteiger partial charge in [0.05, 0.1) is 0 Å². The minimum atomic E-state index is 0.319. The van der Waals surface area contributed by atoms with Crippen molar-refractivity contribution in [2.24, 2.45) is 11.8 Å². The molecular formula is C16H28N2O. The summed E-state index contributed by atoms with van der Waals surface area (Å²) in [5.41, 5.74) is 0. The second-order valence-electron chi connectivity index (χ2n) is 7.14. The van der Waals surface area contributed by atoms with Gasteiger partial charge in [0, 0.05) is 44.1 Å². The summed E-state index contributed by atoms with van der Waals surface area (Å²) in [6, 6.07) is 1.40. The van der Waals surface area contributed by atoms with Crippen LogP contribution in [0.3, 0.4) is 0 Å². The molecule has 0 radical (unpaired) electrons. The molecule has 4 unspecified atom stereocenters. The zero-order valence-electron chi connectivity index (χ0n) is 12.5. The maximum absolute atomic E-state index is 12.1. The molecule has 4 atom stereocenters. The predicted octanol–water partition coefficient (Wildman–Crippen LogP) is 2.16. The van der Waals surface area contributed by atoms with Gasteiger partial charge < -0.3 is 0 Å². The number of Topliss-reactive ketones (excluding diaryl/α,β-unsaturated/α-hetero) is 1. The zero-order chi connectivity index (χ0) is 13.4. The van der Waals surface area contributed by atoms with Crippen LogP contribution in [0.2, 0.25) is 0 Å². The van der Waals surface area contributed by atoms with Gasteiger partial charge >= 0.3 is 0 Å². The Hall–Kier alpha value is -0.410. The lowest BCUT2D eigenvalue weighted by molar-refractivity contribution is -0.126. The van der Waals surface area contributed by atoms with Gasteiger partial charge in [0.1, 0.15) is 5.78 Å². The Morgan fingerprint density at radius 1 is 1.21 bits per heavy atom. The highest BCUT2D eigenvalue weighted by Crippen LogP contribution is 2.30. The molecule has 19 heavy (non-hydrogen) atoms. The van der Waals surface area contributed by atoms with Crippen LogP contribution in [-0.4, -0.2) is 53.8 Å². The van der Waals surface area contributed by atoms with Crippen molar-refractivity contribution in [1.29, 1.82) is 0 Å². The highest BCUT2D eigenvalue weighted by Gasteiger charge is 2.36. The molecule has 0 spiro atoms. The van der Waals surface area contributed by atoms with E-state index >= 15 is 0 Å². The molecule has 2 aliphatic heterocycles. The summed E-state index contributed by atoms with van der Waals surface area (Å²) in [5.74, 6) is 1.59. The van der Waals surface area contributed by atoms with E-state index in [0.717, 1.165) is 37.8 Å². The van der Waals surface area contributed by atoms with Crippen molar-refractivity contribution in [1.82, 2.24) is 9.80 Å². The molecular weight excluding hydrogens is 236 g/mol. The quantitative estimate of drug-likeness (QED) is 0.763. The van der Waals surface area contributed by atoms with Crippen LogP contribution in [-0.2, 0) is 4.79 Å². The number of piperazine rings is 1. The van der Waals surface area contributed by atoms with Crippen molar-refractivity contribution < 1.29 is 4.79 Å². The molecule has 0 bridgehead atoms. The number of nitrogens with zero attached hydrogens (tertiary/aromatic N) is 2. The van der Waals surface area contributed by atoms with Crippen molar-refractivity contribution in [3.63, 3.8) is 0 Å². The molecule has 1 saturated carbocycles. The van der Waals surface area contributed by atoms with E-state index in [1.54, 1.807) is 0 Å². The number of fused-ring (bicyclic) bond motifs is 1. The fourth-order valence-electron chi connectivity index (χ4n) is 4.29. The molecule has 2 saturated heterocycles. The molecule has 108 valence electrons. The number of ketones is 1. The highest BCUT2D eigenvalue weighted by molar-refractivity contribution is 5.81. The first-order valence-electron chi connectivity index (χ1n) is 8.14. The molecule has 0 aromatic carbocycles. The number of carbonyl (C=O) groups is 1. The summed E-state index contributed by atoms with van der Waals surface area (Å²) >= 11 is 0. The summed E-state index contributed by atoms with van der Waals surface area (Å²) in [5, 5.41) is 0. The SMILES string of the molecule is CC1CCC(=O)C(CN2CC3CCCN3CC2C)C1. The topological polar surface area (TPSA) is 23.6 Å². The summed E-state index contributed by atoms with van der Waals surface area (Å²) in [7, 11) is 0. The Morgan fingerprint density at radius 3 is 2.89 bits per heavy atom. The minimum absolute atomic E-state index is 0.319. The van der Waals surface area contributed by atoms with E-state index < -0.39 is 0 Å². The van der Waals surface area contributed by atoms with Crippen LogP contribution < -0.4 is 0 Å². The zero-order valence-corrected chi connectivity index (χ0v) is 12.5. The molecule has 0 aromatic heterocycles. The van der Waals surface area contributed by atoms with E-state index in [4.69, 9.17) is 0 Å². The monoisotopic (exact) mass is 264 g/mol. The summed E-state index contributed by atoms with van der Waals surface area (Å²) in [4.78, 5) is 17.4. The van der Waals surface area contributed by atoms with Gasteiger partial charge in [-0.1, -0.05) is 6.92 Å². The van der Waals surface area contributed by atoms with Crippen LogP contribution in [0, 0.1) is 11.8 Å². The van der Waals surface area contributed by atoms with Gasteiger partial charge in [-0.3, -0.25) is 14.6 Å². The average Bonchev–Trinajstić information content (AvgIpc) is 2.81. The van der Waals surface area contributed by atoms with E-state index in [1.807, 2.05) is 0 Å². The smallest absolute Gasteiger partial charge is 0.137 e. The van der Waals surface area contributed by atoms with E-state index in [-0.39, 0.29) is 0 Å². The lowest BCUT2D eigenvalue weighted by Gasteiger charge is -2.44. The average molecular weight is 264 g/mol. The van der Waals surface area contributed by atoms with Gasteiger partial charge in [-0.2, -0.15) is 0 Å². The van der Waals surface area contributed by atoms with Crippen molar-refractivity contribution in [3.8, 4) is 0 Å². The maximum Gasteiger partial charge on any atom is 0.137 e. The molecule has 3 fully saturated rings. The van der Waals surface area contributed by atoms with Crippen LogP contribution in [0.4, 0.5) is 0 Å². The van der Waals surface area contributed by atoms with E-state index in [0.29, 0.717) is 17.7 Å². The normalized spacial score (nSPS) is 41.5. The van der Waals surface area contributed by atoms with Gasteiger partial charge in [-0.25, -0.2) is 0 Å². The Bertz CT molecular complexity index is 344. The van der Waals surface area contributed by atoms with E-state index in [9.17, 15) is 4.79 Å². The lowest BCUT2D eigenvalue weighted by atomic mass is 9.81. The fourth-order valence-corrected chi connectivity index (χ4v) is 4.29. The molecule has 0 amide bonds. The molecule has 0 N–H and O–H groups in total. The first kappa shape index (κ1) is 13.6. The van der Waals surface area contributed by atoms with E-state index in [1.165, 1.54) is 32.5 Å². The van der Waals surface area contributed by atoms with Crippen LogP contribution in [0.5, 0.6) is 0 Å². The van der Waals surface area contributed by atoms with Crippen molar-refractivity contribution in [3.05, 3.63) is 0 Å². The number of carbonyl (C=O) groups excluding carboxylic acids is 1.